The van der Waals surface area contributed by atoms with E-state index in [1.165, 1.54) is 34.6 Å². The van der Waals surface area contributed by atoms with Gasteiger partial charge in [-0.15, -0.1) is 0 Å². The molecule has 0 bridgehead atoms. The van der Waals surface area contributed by atoms with Crippen molar-refractivity contribution in [1.29, 1.82) is 0 Å². The van der Waals surface area contributed by atoms with Crippen LogP contribution in [0.1, 0.15) is 13.3 Å². The second-order valence-electron chi connectivity index (χ2n) is 6.98. The van der Waals surface area contributed by atoms with E-state index in [0.717, 1.165) is 19.8 Å². The van der Waals surface area contributed by atoms with Crippen molar-refractivity contribution in [3.63, 3.8) is 0 Å². The number of fused-ring (bicyclic) bond motifs is 1. The zero-order valence-electron chi connectivity index (χ0n) is 16.0. The van der Waals surface area contributed by atoms with Gasteiger partial charge in [-0.1, -0.05) is 79.7 Å². The van der Waals surface area contributed by atoms with Crippen molar-refractivity contribution < 1.29 is 0 Å². The Morgan fingerprint density at radius 1 is 0.667 bits per heavy atom. The lowest BCUT2D eigenvalue weighted by atomic mass is 10.2. The second-order valence-corrected chi connectivity index (χ2v) is 9.32. The van der Waals surface area contributed by atoms with E-state index in [4.69, 9.17) is 0 Å². The average Bonchev–Trinajstić information content (AvgIpc) is 3.08. The van der Waals surface area contributed by atoms with E-state index < -0.39 is 0 Å². The van der Waals surface area contributed by atoms with Crippen LogP contribution in [0.4, 0.5) is 11.4 Å². The molecule has 4 rings (SSSR count). The Morgan fingerprint density at radius 2 is 1.15 bits per heavy atom. The molecule has 3 aromatic rings. The SMILES string of the molecule is CCCN1CN(CCP(c2ccccc2)c2ccccc2)c2ccccc21. The summed E-state index contributed by atoms with van der Waals surface area (Å²) < 4.78 is 0. The maximum atomic E-state index is 2.56. The lowest BCUT2D eigenvalue weighted by molar-refractivity contribution is 0.760. The van der Waals surface area contributed by atoms with Crippen LogP contribution < -0.4 is 20.4 Å². The molecular formula is C24H27N2P. The van der Waals surface area contributed by atoms with Gasteiger partial charge in [0, 0.05) is 13.1 Å². The van der Waals surface area contributed by atoms with E-state index in [0.29, 0.717) is 0 Å². The van der Waals surface area contributed by atoms with Crippen LogP contribution in [0, 0.1) is 0 Å². The van der Waals surface area contributed by atoms with E-state index in [1.54, 1.807) is 0 Å². The lowest BCUT2D eigenvalue weighted by Gasteiger charge is -2.25. The third kappa shape index (κ3) is 4.01. The van der Waals surface area contributed by atoms with Gasteiger partial charge < -0.3 is 9.80 Å². The van der Waals surface area contributed by atoms with Crippen LogP contribution >= 0.6 is 7.92 Å². The molecule has 0 N–H and O–H groups in total. The summed E-state index contributed by atoms with van der Waals surface area (Å²) in [7, 11) is -0.339. The third-order valence-corrected chi connectivity index (χ3v) is 7.62. The summed E-state index contributed by atoms with van der Waals surface area (Å²) >= 11 is 0. The summed E-state index contributed by atoms with van der Waals surface area (Å²) in [5.41, 5.74) is 2.78. The second kappa shape index (κ2) is 8.59. The van der Waals surface area contributed by atoms with E-state index in [2.05, 4.69) is 102 Å². The van der Waals surface area contributed by atoms with E-state index in [1.807, 2.05) is 0 Å². The quantitative estimate of drug-likeness (QED) is 0.548. The summed E-state index contributed by atoms with van der Waals surface area (Å²) in [6, 6.07) is 30.9. The highest BCUT2D eigenvalue weighted by Crippen LogP contribution is 2.38. The minimum absolute atomic E-state index is 0.339. The van der Waals surface area contributed by atoms with Crippen molar-refractivity contribution in [2.24, 2.45) is 0 Å². The topological polar surface area (TPSA) is 6.48 Å². The molecule has 3 heteroatoms. The highest BCUT2D eigenvalue weighted by molar-refractivity contribution is 7.73. The summed E-state index contributed by atoms with van der Waals surface area (Å²) in [4.78, 5) is 5.08. The minimum atomic E-state index is -0.339. The molecule has 0 saturated carbocycles. The van der Waals surface area contributed by atoms with Crippen molar-refractivity contribution in [2.45, 2.75) is 13.3 Å². The molecule has 0 spiro atoms. The fourth-order valence-corrected chi connectivity index (χ4v) is 6.17. The summed E-state index contributed by atoms with van der Waals surface area (Å²) in [5, 5.41) is 2.94. The largest absolute Gasteiger partial charge is 0.352 e. The van der Waals surface area contributed by atoms with Crippen LogP contribution in [0.15, 0.2) is 84.9 Å². The lowest BCUT2D eigenvalue weighted by Crippen LogP contribution is -2.33. The van der Waals surface area contributed by atoms with Crippen molar-refractivity contribution in [3.05, 3.63) is 84.9 Å². The van der Waals surface area contributed by atoms with Crippen LogP contribution in [0.5, 0.6) is 0 Å². The molecule has 0 atom stereocenters. The Morgan fingerprint density at radius 3 is 1.67 bits per heavy atom. The minimum Gasteiger partial charge on any atom is -0.352 e. The molecule has 138 valence electrons. The molecule has 1 aliphatic heterocycles. The van der Waals surface area contributed by atoms with Gasteiger partial charge in [-0.25, -0.2) is 0 Å². The van der Waals surface area contributed by atoms with Crippen molar-refractivity contribution in [1.82, 2.24) is 0 Å². The molecule has 1 aliphatic rings. The first kappa shape index (κ1) is 18.1. The van der Waals surface area contributed by atoms with Gasteiger partial charge in [0.15, 0.2) is 0 Å². The standard InChI is InChI=1S/C24H27N2P/c1-2-17-25-20-26(24-16-10-9-15-23(24)25)18-19-27(21-11-5-3-6-12-21)22-13-7-4-8-14-22/h3-16H,2,17-20H2,1H3. The zero-order valence-corrected chi connectivity index (χ0v) is 16.9. The molecule has 0 amide bonds. The Bertz CT molecular complexity index is 811. The maximum absolute atomic E-state index is 2.56. The number of rotatable bonds is 7. The first-order valence-electron chi connectivity index (χ1n) is 9.83. The molecule has 1 heterocycles. The molecule has 0 fully saturated rings. The van der Waals surface area contributed by atoms with Gasteiger partial charge in [-0.3, -0.25) is 0 Å². The summed E-state index contributed by atoms with van der Waals surface area (Å²) in [5.74, 6) is 0. The molecule has 3 aromatic carbocycles. The number of nitrogens with zero attached hydrogens (tertiary/aromatic N) is 2. The van der Waals surface area contributed by atoms with Gasteiger partial charge in [0.2, 0.25) is 0 Å². The average molecular weight is 374 g/mol. The van der Waals surface area contributed by atoms with E-state index in [9.17, 15) is 0 Å². The zero-order chi connectivity index (χ0) is 18.5. The molecule has 0 aliphatic carbocycles. The van der Waals surface area contributed by atoms with Crippen molar-refractivity contribution in [3.8, 4) is 0 Å². The molecule has 0 saturated heterocycles. The van der Waals surface area contributed by atoms with Gasteiger partial charge in [0.25, 0.3) is 0 Å². The molecular weight excluding hydrogens is 347 g/mol. The number of anilines is 2. The van der Waals surface area contributed by atoms with Gasteiger partial charge >= 0.3 is 0 Å². The molecule has 0 radical (unpaired) electrons. The first-order chi connectivity index (χ1) is 13.4. The fraction of sp³-hybridized carbons (Fsp3) is 0.250. The number of para-hydroxylation sites is 2. The molecule has 27 heavy (non-hydrogen) atoms. The Balaban J connectivity index is 1.55. The first-order valence-corrected chi connectivity index (χ1v) is 11.4. The van der Waals surface area contributed by atoms with Crippen LogP contribution in [-0.4, -0.2) is 25.9 Å². The van der Waals surface area contributed by atoms with Crippen molar-refractivity contribution in [2.75, 3.05) is 35.7 Å². The molecule has 0 aromatic heterocycles. The number of benzene rings is 3. The van der Waals surface area contributed by atoms with Crippen LogP contribution in [-0.2, 0) is 0 Å². The van der Waals surface area contributed by atoms with E-state index >= 15 is 0 Å². The van der Waals surface area contributed by atoms with Gasteiger partial charge in [-0.2, -0.15) is 0 Å². The summed E-state index contributed by atoms with van der Waals surface area (Å²) in [6.45, 7) is 5.49. The monoisotopic (exact) mass is 374 g/mol. The maximum Gasteiger partial charge on any atom is 0.0904 e. The highest BCUT2D eigenvalue weighted by atomic mass is 31.1. The predicted molar refractivity (Wildman–Crippen MR) is 120 cm³/mol. The Labute approximate surface area is 164 Å². The Hall–Kier alpha value is -2.31. The van der Waals surface area contributed by atoms with Crippen molar-refractivity contribution >= 4 is 29.9 Å². The normalized spacial score (nSPS) is 13.3. The fourth-order valence-electron chi connectivity index (χ4n) is 3.85. The third-order valence-electron chi connectivity index (χ3n) is 5.13. The van der Waals surface area contributed by atoms with Gasteiger partial charge in [0.1, 0.15) is 0 Å². The summed E-state index contributed by atoms with van der Waals surface area (Å²) in [6.07, 6.45) is 2.36. The molecule has 0 unspecified atom stereocenters. The smallest absolute Gasteiger partial charge is 0.0904 e. The van der Waals surface area contributed by atoms with Crippen LogP contribution in [0.3, 0.4) is 0 Å². The Kier molecular flexibility index (Phi) is 5.75. The van der Waals surface area contributed by atoms with E-state index in [-0.39, 0.29) is 7.92 Å². The number of hydrogen-bond donors (Lipinski definition) is 0. The van der Waals surface area contributed by atoms with Gasteiger partial charge in [-0.05, 0) is 43.2 Å². The van der Waals surface area contributed by atoms with Crippen LogP contribution in [0.25, 0.3) is 0 Å². The molecule has 2 nitrogen and oxygen atoms in total. The van der Waals surface area contributed by atoms with Gasteiger partial charge in [0.05, 0.1) is 18.0 Å². The number of hydrogen-bond acceptors (Lipinski definition) is 2. The predicted octanol–water partition coefficient (Wildman–Crippen LogP) is 4.81. The van der Waals surface area contributed by atoms with Crippen LogP contribution in [0.2, 0.25) is 0 Å². The highest BCUT2D eigenvalue weighted by Gasteiger charge is 2.25.